The second kappa shape index (κ2) is 45.9. The smallest absolute Gasteiger partial charge is 0.306 e. The second-order valence-corrected chi connectivity index (χ2v) is 18.6. The Balaban J connectivity index is 2.78. The van der Waals surface area contributed by atoms with E-state index in [1.54, 1.807) is 6.08 Å². The van der Waals surface area contributed by atoms with Crippen LogP contribution in [0, 0.1) is 0 Å². The van der Waals surface area contributed by atoms with Gasteiger partial charge >= 0.3 is 5.97 Å². The predicted octanol–water partition coefficient (Wildman–Crippen LogP) is 11.8. The summed E-state index contributed by atoms with van der Waals surface area (Å²) in [4.78, 5) is 26.3. The van der Waals surface area contributed by atoms with Gasteiger partial charge < -0.3 is 45.1 Å². The molecule has 0 aromatic rings. The molecule has 0 aromatic carbocycles. The predicted molar refractivity (Wildman–Crippen MR) is 282 cm³/mol. The number of hydrogen-bond donors (Lipinski definition) is 6. The van der Waals surface area contributed by atoms with E-state index >= 15 is 0 Å². The van der Waals surface area contributed by atoms with Crippen molar-refractivity contribution in [3.8, 4) is 0 Å². The molecule has 1 aliphatic rings. The maximum absolute atomic E-state index is 13.3. The monoisotopic (exact) mass is 970 g/mol. The van der Waals surface area contributed by atoms with E-state index in [0.29, 0.717) is 19.3 Å². The summed E-state index contributed by atoms with van der Waals surface area (Å²) in [6, 6.07) is -1.04. The number of unbranched alkanes of at least 4 members (excludes halogenated alkanes) is 18. The number of esters is 1. The van der Waals surface area contributed by atoms with Crippen LogP contribution in [-0.2, 0) is 23.8 Å². The molecule has 0 saturated carbocycles. The number of ether oxygens (including phenoxy) is 3. The number of aliphatic hydroxyl groups is 5. The number of allylic oxidation sites excluding steroid dienone is 13. The Morgan fingerprint density at radius 2 is 1.04 bits per heavy atom. The molecule has 1 heterocycles. The van der Waals surface area contributed by atoms with Gasteiger partial charge in [0.1, 0.15) is 24.4 Å². The summed E-state index contributed by atoms with van der Waals surface area (Å²) in [5.41, 5.74) is 0. The molecule has 396 valence electrons. The molecule has 1 fully saturated rings. The van der Waals surface area contributed by atoms with E-state index in [9.17, 15) is 35.1 Å². The summed E-state index contributed by atoms with van der Waals surface area (Å²) in [5, 5.41) is 56.6. The molecule has 69 heavy (non-hydrogen) atoms. The van der Waals surface area contributed by atoms with Crippen molar-refractivity contribution in [3.05, 3.63) is 85.1 Å². The van der Waals surface area contributed by atoms with E-state index in [2.05, 4.69) is 86.8 Å². The number of carbonyl (C=O) groups excluding carboxylic acids is 2. The first-order valence-electron chi connectivity index (χ1n) is 27.4. The van der Waals surface area contributed by atoms with Gasteiger partial charge in [-0.2, -0.15) is 0 Å². The van der Waals surface area contributed by atoms with Crippen LogP contribution >= 0.6 is 0 Å². The second-order valence-electron chi connectivity index (χ2n) is 18.6. The molecular weight excluding hydrogens is 871 g/mol. The van der Waals surface area contributed by atoms with Crippen LogP contribution in [0.25, 0.3) is 0 Å². The van der Waals surface area contributed by atoms with Crippen LogP contribution in [0.5, 0.6) is 0 Å². The topological polar surface area (TPSA) is 175 Å². The third-order valence-electron chi connectivity index (χ3n) is 12.3. The molecular formula is C58H99NO10. The van der Waals surface area contributed by atoms with Gasteiger partial charge in [0.05, 0.1) is 25.4 Å². The highest BCUT2D eigenvalue weighted by Crippen LogP contribution is 2.26. The van der Waals surface area contributed by atoms with E-state index in [-0.39, 0.29) is 19.4 Å². The third kappa shape index (κ3) is 34.7. The lowest BCUT2D eigenvalue weighted by Crippen LogP contribution is -2.61. The molecule has 1 saturated heterocycles. The molecule has 11 nitrogen and oxygen atoms in total. The zero-order valence-electron chi connectivity index (χ0n) is 43.4. The van der Waals surface area contributed by atoms with Crippen LogP contribution in [0.15, 0.2) is 85.1 Å². The van der Waals surface area contributed by atoms with Gasteiger partial charge in [0, 0.05) is 6.42 Å². The lowest BCUT2D eigenvalue weighted by molar-refractivity contribution is -0.305. The van der Waals surface area contributed by atoms with Crippen molar-refractivity contribution in [3.63, 3.8) is 0 Å². The van der Waals surface area contributed by atoms with E-state index in [0.717, 1.165) is 77.0 Å². The minimum Gasteiger partial charge on any atom is -0.454 e. The standard InChI is InChI=1S/C58H99NO10/c1-4-7-10-13-16-19-22-23-24-25-26-27-28-29-31-34-37-40-43-46-53(63)69-56-55(65)54(64)52(47-60)68-58(56)67-48-49(50(61)44-41-38-35-33-30-20-17-14-11-8-5-2)59-57(66)51(62)45-42-39-36-32-21-18-15-12-9-6-3/h7,10,16,19,23-24,26-27,29,31,37,40-41,44,49-52,54-56,58,60-62,64-65H,4-6,8-9,11-15,17-18,20-22,25,28,30,32-36,38-39,42-43,45-48H2,1-3H3,(H,59,66)/b10-7-,19-16-,24-23-,27-26-,31-29-,40-37-,44-41+. The van der Waals surface area contributed by atoms with E-state index in [1.807, 2.05) is 18.2 Å². The van der Waals surface area contributed by atoms with Gasteiger partial charge in [0.15, 0.2) is 12.4 Å². The Labute approximate surface area is 419 Å². The minimum absolute atomic E-state index is 0.00425. The van der Waals surface area contributed by atoms with Gasteiger partial charge in [-0.1, -0.05) is 221 Å². The highest BCUT2D eigenvalue weighted by Gasteiger charge is 2.47. The summed E-state index contributed by atoms with van der Waals surface area (Å²) in [6.45, 7) is 5.58. The molecule has 6 N–H and O–H groups in total. The molecule has 11 heteroatoms. The molecule has 8 unspecified atom stereocenters. The summed E-state index contributed by atoms with van der Waals surface area (Å²) < 4.78 is 17.4. The van der Waals surface area contributed by atoms with Gasteiger partial charge in [0.2, 0.25) is 5.91 Å². The zero-order chi connectivity index (χ0) is 50.4. The summed E-state index contributed by atoms with van der Waals surface area (Å²) in [7, 11) is 0. The molecule has 8 atom stereocenters. The molecule has 1 amide bonds. The van der Waals surface area contributed by atoms with E-state index < -0.39 is 67.4 Å². The summed E-state index contributed by atoms with van der Waals surface area (Å²) in [6.07, 6.45) is 47.9. The van der Waals surface area contributed by atoms with Crippen LogP contribution in [-0.4, -0.2) is 99.6 Å². The summed E-state index contributed by atoms with van der Waals surface area (Å²) >= 11 is 0. The van der Waals surface area contributed by atoms with Gasteiger partial charge in [0.25, 0.3) is 0 Å². The fraction of sp³-hybridized carbons (Fsp3) is 0.724. The summed E-state index contributed by atoms with van der Waals surface area (Å²) in [5.74, 6) is -1.29. The Kier molecular flexibility index (Phi) is 42.5. The number of amides is 1. The number of rotatable bonds is 44. The molecule has 1 aliphatic heterocycles. The lowest BCUT2D eigenvalue weighted by Gasteiger charge is -2.41. The highest BCUT2D eigenvalue weighted by molar-refractivity contribution is 5.80. The fourth-order valence-corrected chi connectivity index (χ4v) is 7.97. The van der Waals surface area contributed by atoms with Crippen LogP contribution in [0.2, 0.25) is 0 Å². The molecule has 0 spiro atoms. The maximum atomic E-state index is 13.3. The van der Waals surface area contributed by atoms with Crippen molar-refractivity contribution >= 4 is 11.9 Å². The number of aliphatic hydroxyl groups excluding tert-OH is 5. The van der Waals surface area contributed by atoms with Crippen LogP contribution in [0.4, 0.5) is 0 Å². The van der Waals surface area contributed by atoms with Gasteiger partial charge in [-0.3, -0.25) is 9.59 Å². The number of carbonyl (C=O) groups is 2. The maximum Gasteiger partial charge on any atom is 0.306 e. The first kappa shape index (κ1) is 63.9. The molecule has 1 rings (SSSR count). The van der Waals surface area contributed by atoms with E-state index in [4.69, 9.17) is 14.2 Å². The van der Waals surface area contributed by atoms with Crippen molar-refractivity contribution in [1.29, 1.82) is 0 Å². The van der Waals surface area contributed by atoms with Crippen LogP contribution in [0.1, 0.15) is 207 Å². The Morgan fingerprint density at radius 3 is 1.54 bits per heavy atom. The SMILES string of the molecule is CC/C=C\C/C=C\C/C=C\C/C=C\C/C=C\C/C=C\CCC(=O)OC1C(OCC(NC(=O)C(O)CCCCCCCCCCCC)C(O)/C=C/CCCCCCCCCCC)OC(CO)C(O)C1O. The van der Waals surface area contributed by atoms with Crippen LogP contribution < -0.4 is 5.32 Å². The first-order valence-corrected chi connectivity index (χ1v) is 27.4. The van der Waals surface area contributed by atoms with Crippen molar-refractivity contribution in [2.24, 2.45) is 0 Å². The van der Waals surface area contributed by atoms with Crippen molar-refractivity contribution in [1.82, 2.24) is 5.32 Å². The van der Waals surface area contributed by atoms with Crippen molar-refractivity contribution in [2.75, 3.05) is 13.2 Å². The highest BCUT2D eigenvalue weighted by atomic mass is 16.7. The van der Waals surface area contributed by atoms with Gasteiger partial charge in [-0.25, -0.2) is 0 Å². The van der Waals surface area contributed by atoms with Crippen LogP contribution in [0.3, 0.4) is 0 Å². The van der Waals surface area contributed by atoms with Gasteiger partial charge in [-0.15, -0.1) is 0 Å². The molecule has 0 aliphatic carbocycles. The quantitative estimate of drug-likeness (QED) is 0.0196. The average Bonchev–Trinajstić information content (AvgIpc) is 3.34. The largest absolute Gasteiger partial charge is 0.454 e. The lowest BCUT2D eigenvalue weighted by atomic mass is 9.99. The van der Waals surface area contributed by atoms with Crippen molar-refractivity contribution in [2.45, 2.75) is 256 Å². The molecule has 0 radical (unpaired) electrons. The third-order valence-corrected chi connectivity index (χ3v) is 12.3. The fourth-order valence-electron chi connectivity index (χ4n) is 7.97. The van der Waals surface area contributed by atoms with E-state index in [1.165, 1.54) is 77.0 Å². The zero-order valence-corrected chi connectivity index (χ0v) is 43.4. The van der Waals surface area contributed by atoms with Gasteiger partial charge in [-0.05, 0) is 64.2 Å². The Hall–Kier alpha value is -3.16. The Morgan fingerprint density at radius 1 is 0.580 bits per heavy atom. The molecule has 0 aromatic heterocycles. The normalized spacial score (nSPS) is 20.5. The first-order chi connectivity index (χ1) is 33.7. The van der Waals surface area contributed by atoms with Crippen molar-refractivity contribution < 1.29 is 49.3 Å². The minimum atomic E-state index is -1.65. The number of hydrogen-bond acceptors (Lipinski definition) is 10. The number of nitrogens with one attached hydrogen (secondary N) is 1. The Bertz CT molecular complexity index is 1440. The molecule has 0 bridgehead atoms. The average molecular weight is 970 g/mol.